The summed E-state index contributed by atoms with van der Waals surface area (Å²) < 4.78 is 4.90. The van der Waals surface area contributed by atoms with E-state index in [2.05, 4.69) is 15.9 Å². The Labute approximate surface area is 57.0 Å². The Kier molecular flexibility index (Phi) is 2.28. The first-order valence-corrected chi connectivity index (χ1v) is 3.66. The van der Waals surface area contributed by atoms with Crippen LogP contribution in [0.5, 0.6) is 0 Å². The van der Waals surface area contributed by atoms with Gasteiger partial charge in [0.15, 0.2) is 6.29 Å². The Hall–Kier alpha value is 0.400. The normalized spacial score (nSPS) is 39.8. The highest BCUT2D eigenvalue weighted by Gasteiger charge is 2.19. The van der Waals surface area contributed by atoms with Crippen molar-refractivity contribution in [3.63, 3.8) is 0 Å². The monoisotopic (exact) mass is 180 g/mol. The number of halogens is 1. The van der Waals surface area contributed by atoms with E-state index < -0.39 is 6.29 Å². The van der Waals surface area contributed by atoms with Gasteiger partial charge in [0.05, 0.1) is 4.83 Å². The van der Waals surface area contributed by atoms with Gasteiger partial charge in [-0.05, 0) is 12.8 Å². The second-order valence-corrected chi connectivity index (χ2v) is 3.10. The molecule has 1 N–H and O–H groups in total. The van der Waals surface area contributed by atoms with Crippen molar-refractivity contribution in [2.75, 3.05) is 6.61 Å². The third-order valence-corrected chi connectivity index (χ3v) is 2.13. The largest absolute Gasteiger partial charge is 0.367 e. The van der Waals surface area contributed by atoms with Gasteiger partial charge in [0.2, 0.25) is 0 Å². The zero-order chi connectivity index (χ0) is 5.98. The first-order valence-electron chi connectivity index (χ1n) is 2.74. The number of rotatable bonds is 0. The molecule has 0 amide bonds. The highest BCUT2D eigenvalue weighted by atomic mass is 79.9. The summed E-state index contributed by atoms with van der Waals surface area (Å²) in [4.78, 5) is 0.149. The molecule has 1 heterocycles. The molecule has 0 aromatic heterocycles. The molecule has 2 nitrogen and oxygen atoms in total. The summed E-state index contributed by atoms with van der Waals surface area (Å²) in [6, 6.07) is 0. The van der Waals surface area contributed by atoms with Crippen LogP contribution in [0, 0.1) is 0 Å². The number of alkyl halides is 1. The summed E-state index contributed by atoms with van der Waals surface area (Å²) in [5.74, 6) is 0. The first kappa shape index (κ1) is 6.52. The van der Waals surface area contributed by atoms with E-state index in [0.29, 0.717) is 6.61 Å². The molecular weight excluding hydrogens is 172 g/mol. The van der Waals surface area contributed by atoms with Gasteiger partial charge >= 0.3 is 0 Å². The lowest BCUT2D eigenvalue weighted by molar-refractivity contribution is -0.117. The average Bonchev–Trinajstić information content (AvgIpc) is 1.77. The molecule has 2 atom stereocenters. The first-order chi connectivity index (χ1) is 3.80. The van der Waals surface area contributed by atoms with Crippen molar-refractivity contribution in [1.82, 2.24) is 0 Å². The fourth-order valence-electron chi connectivity index (χ4n) is 0.729. The van der Waals surface area contributed by atoms with Crippen LogP contribution < -0.4 is 0 Å². The number of hydrogen-bond acceptors (Lipinski definition) is 2. The van der Waals surface area contributed by atoms with Gasteiger partial charge in [-0.25, -0.2) is 0 Å². The van der Waals surface area contributed by atoms with Crippen LogP contribution in [0.2, 0.25) is 0 Å². The quantitative estimate of drug-likeness (QED) is 0.562. The highest BCUT2D eigenvalue weighted by Crippen LogP contribution is 2.18. The maximum atomic E-state index is 8.91. The van der Waals surface area contributed by atoms with Gasteiger partial charge in [-0.15, -0.1) is 0 Å². The van der Waals surface area contributed by atoms with E-state index in [-0.39, 0.29) is 4.83 Å². The van der Waals surface area contributed by atoms with E-state index in [4.69, 9.17) is 9.84 Å². The Morgan fingerprint density at radius 3 is 2.75 bits per heavy atom. The summed E-state index contributed by atoms with van der Waals surface area (Å²) in [7, 11) is 0. The smallest absolute Gasteiger partial charge is 0.167 e. The molecule has 3 heteroatoms. The molecule has 1 aliphatic heterocycles. The van der Waals surface area contributed by atoms with E-state index in [1.165, 1.54) is 0 Å². The second-order valence-electron chi connectivity index (χ2n) is 1.92. The molecule has 1 aliphatic rings. The molecule has 1 rings (SSSR count). The number of ether oxygens (including phenoxy) is 1. The Morgan fingerprint density at radius 2 is 2.38 bits per heavy atom. The maximum absolute atomic E-state index is 8.91. The molecule has 0 saturated carbocycles. The van der Waals surface area contributed by atoms with Gasteiger partial charge in [0.1, 0.15) is 0 Å². The third kappa shape index (κ3) is 1.44. The summed E-state index contributed by atoms with van der Waals surface area (Å²) in [5, 5.41) is 8.91. The topological polar surface area (TPSA) is 29.5 Å². The SMILES string of the molecule is O[C@@H]1OCCC[C@@H]1Br. The van der Waals surface area contributed by atoms with Crippen LogP contribution in [0.4, 0.5) is 0 Å². The fourth-order valence-corrected chi connectivity index (χ4v) is 1.21. The Balaban J connectivity index is 2.28. The zero-order valence-electron chi connectivity index (χ0n) is 4.51. The molecule has 0 unspecified atom stereocenters. The predicted molar refractivity (Wildman–Crippen MR) is 33.9 cm³/mol. The lowest BCUT2D eigenvalue weighted by Gasteiger charge is -2.22. The lowest BCUT2D eigenvalue weighted by atomic mass is 10.2. The summed E-state index contributed by atoms with van der Waals surface area (Å²) in [6.45, 7) is 0.698. The van der Waals surface area contributed by atoms with E-state index in [1.807, 2.05) is 0 Å². The van der Waals surface area contributed by atoms with Crippen LogP contribution in [-0.2, 0) is 4.74 Å². The summed E-state index contributed by atoms with van der Waals surface area (Å²) in [5.41, 5.74) is 0. The average molecular weight is 181 g/mol. The van der Waals surface area contributed by atoms with Crippen LogP contribution in [-0.4, -0.2) is 22.8 Å². The Morgan fingerprint density at radius 1 is 1.62 bits per heavy atom. The Bertz CT molecular complexity index is 66.8. The minimum Gasteiger partial charge on any atom is -0.367 e. The van der Waals surface area contributed by atoms with Crippen LogP contribution >= 0.6 is 15.9 Å². The van der Waals surface area contributed by atoms with E-state index in [1.54, 1.807) is 0 Å². The highest BCUT2D eigenvalue weighted by molar-refractivity contribution is 9.09. The molecule has 0 spiro atoms. The van der Waals surface area contributed by atoms with Crippen molar-refractivity contribution < 1.29 is 9.84 Å². The summed E-state index contributed by atoms with van der Waals surface area (Å²) in [6.07, 6.45) is 1.48. The molecule has 1 saturated heterocycles. The van der Waals surface area contributed by atoms with Gasteiger partial charge in [0, 0.05) is 6.61 Å². The zero-order valence-corrected chi connectivity index (χ0v) is 6.10. The van der Waals surface area contributed by atoms with Crippen molar-refractivity contribution >= 4 is 15.9 Å². The van der Waals surface area contributed by atoms with Crippen molar-refractivity contribution in [1.29, 1.82) is 0 Å². The maximum Gasteiger partial charge on any atom is 0.167 e. The van der Waals surface area contributed by atoms with Crippen molar-refractivity contribution in [2.24, 2.45) is 0 Å². The molecule has 48 valence electrons. The number of aliphatic hydroxyl groups excluding tert-OH is 1. The second kappa shape index (κ2) is 2.80. The van der Waals surface area contributed by atoms with Gasteiger partial charge < -0.3 is 9.84 Å². The van der Waals surface area contributed by atoms with Crippen molar-refractivity contribution in [2.45, 2.75) is 24.0 Å². The van der Waals surface area contributed by atoms with Gasteiger partial charge in [0.25, 0.3) is 0 Å². The molecule has 0 aliphatic carbocycles. The van der Waals surface area contributed by atoms with E-state index in [9.17, 15) is 0 Å². The molecule has 0 radical (unpaired) electrons. The van der Waals surface area contributed by atoms with E-state index >= 15 is 0 Å². The molecular formula is C5H9BrO2. The number of aliphatic hydroxyl groups is 1. The minimum atomic E-state index is -0.580. The molecule has 1 fully saturated rings. The summed E-state index contributed by atoms with van der Waals surface area (Å²) >= 11 is 3.28. The molecule has 0 aromatic rings. The molecule has 0 bridgehead atoms. The van der Waals surface area contributed by atoms with Gasteiger partial charge in [-0.3, -0.25) is 0 Å². The van der Waals surface area contributed by atoms with Crippen molar-refractivity contribution in [3.8, 4) is 0 Å². The van der Waals surface area contributed by atoms with Crippen molar-refractivity contribution in [3.05, 3.63) is 0 Å². The third-order valence-electron chi connectivity index (χ3n) is 1.22. The lowest BCUT2D eigenvalue weighted by Crippen LogP contribution is -2.28. The van der Waals surface area contributed by atoms with Gasteiger partial charge in [-0.1, -0.05) is 15.9 Å². The van der Waals surface area contributed by atoms with Crippen LogP contribution in [0.25, 0.3) is 0 Å². The van der Waals surface area contributed by atoms with Crippen LogP contribution in [0.1, 0.15) is 12.8 Å². The standard InChI is InChI=1S/C5H9BrO2/c6-4-2-1-3-8-5(4)7/h4-5,7H,1-3H2/t4-,5+/m0/s1. The van der Waals surface area contributed by atoms with Crippen LogP contribution in [0.15, 0.2) is 0 Å². The van der Waals surface area contributed by atoms with E-state index in [0.717, 1.165) is 12.8 Å². The molecule has 8 heavy (non-hydrogen) atoms. The predicted octanol–water partition coefficient (Wildman–Crippen LogP) is 0.879. The number of hydrogen-bond donors (Lipinski definition) is 1. The van der Waals surface area contributed by atoms with Crippen LogP contribution in [0.3, 0.4) is 0 Å². The molecule has 0 aromatic carbocycles. The fraction of sp³-hybridized carbons (Fsp3) is 1.00. The minimum absolute atomic E-state index is 0.149. The van der Waals surface area contributed by atoms with Gasteiger partial charge in [-0.2, -0.15) is 0 Å².